The molecule has 2 aromatic carbocycles. The monoisotopic (exact) mass is 226 g/mol. The van der Waals surface area contributed by atoms with E-state index in [0.717, 1.165) is 27.8 Å². The number of carbonyl (C=O) groups is 1. The van der Waals surface area contributed by atoms with E-state index < -0.39 is 0 Å². The Labute approximate surface area is 98.9 Å². The van der Waals surface area contributed by atoms with Crippen LogP contribution in [0.3, 0.4) is 0 Å². The van der Waals surface area contributed by atoms with E-state index in [1.54, 1.807) is 13.0 Å². The van der Waals surface area contributed by atoms with Gasteiger partial charge < -0.3 is 0 Å². The Morgan fingerprint density at radius 3 is 2.41 bits per heavy atom. The minimum Gasteiger partial charge on any atom is -0.295 e. The fourth-order valence-corrected chi connectivity index (χ4v) is 2.40. The lowest BCUT2D eigenvalue weighted by atomic mass is 10.0. The number of carbonyl (C=O) groups excluding carboxylic acids is 1. The quantitative estimate of drug-likeness (QED) is 0.579. The minimum atomic E-state index is -0.205. The van der Waals surface area contributed by atoms with Crippen molar-refractivity contribution in [3.05, 3.63) is 58.9 Å². The van der Waals surface area contributed by atoms with Crippen LogP contribution in [-0.4, -0.2) is 5.78 Å². The van der Waals surface area contributed by atoms with Gasteiger partial charge in [-0.15, -0.1) is 0 Å². The molecule has 0 N–H and O–H groups in total. The van der Waals surface area contributed by atoms with E-state index >= 15 is 0 Å². The van der Waals surface area contributed by atoms with Crippen LogP contribution in [0.1, 0.15) is 28.4 Å². The third-order valence-electron chi connectivity index (χ3n) is 3.25. The number of rotatable bonds is 1. The summed E-state index contributed by atoms with van der Waals surface area (Å²) in [6.07, 6.45) is 0.712. The van der Waals surface area contributed by atoms with Crippen molar-refractivity contribution < 1.29 is 9.18 Å². The Morgan fingerprint density at radius 2 is 1.71 bits per heavy atom. The molecule has 0 saturated heterocycles. The highest BCUT2D eigenvalue weighted by atomic mass is 19.1. The Kier molecular flexibility index (Phi) is 2.11. The topological polar surface area (TPSA) is 17.1 Å². The van der Waals surface area contributed by atoms with Crippen LogP contribution in [0.5, 0.6) is 0 Å². The van der Waals surface area contributed by atoms with Gasteiger partial charge in [0.2, 0.25) is 0 Å². The van der Waals surface area contributed by atoms with Gasteiger partial charge in [0.1, 0.15) is 5.82 Å². The molecule has 0 unspecified atom stereocenters. The van der Waals surface area contributed by atoms with E-state index in [4.69, 9.17) is 0 Å². The van der Waals surface area contributed by atoms with E-state index in [1.165, 1.54) is 6.07 Å². The van der Waals surface area contributed by atoms with Gasteiger partial charge >= 0.3 is 0 Å². The molecular weight excluding hydrogens is 215 g/mol. The fourth-order valence-electron chi connectivity index (χ4n) is 2.40. The molecule has 1 aliphatic carbocycles. The van der Waals surface area contributed by atoms with Crippen LogP contribution in [0.2, 0.25) is 0 Å². The van der Waals surface area contributed by atoms with Crippen molar-refractivity contribution in [3.8, 4) is 11.1 Å². The van der Waals surface area contributed by atoms with Crippen molar-refractivity contribution in [2.24, 2.45) is 0 Å². The molecule has 0 bridgehead atoms. The predicted octanol–water partition coefficient (Wildman–Crippen LogP) is 3.60. The second-order valence-electron chi connectivity index (χ2n) is 4.41. The molecule has 0 amide bonds. The summed E-state index contributed by atoms with van der Waals surface area (Å²) in [5.41, 5.74) is 5.03. The van der Waals surface area contributed by atoms with Crippen LogP contribution in [0, 0.1) is 5.82 Å². The molecule has 3 rings (SSSR count). The molecule has 0 saturated carbocycles. The molecule has 0 aliphatic heterocycles. The number of ketones is 1. The van der Waals surface area contributed by atoms with Crippen molar-refractivity contribution in [2.75, 3.05) is 0 Å². The summed E-state index contributed by atoms with van der Waals surface area (Å²) in [5, 5.41) is 0. The lowest BCUT2D eigenvalue weighted by Gasteiger charge is -2.02. The van der Waals surface area contributed by atoms with E-state index in [1.807, 2.05) is 24.3 Å². The average molecular weight is 226 g/mol. The van der Waals surface area contributed by atoms with Crippen LogP contribution in [-0.2, 0) is 6.42 Å². The standard InChI is InChI=1S/C15H11FO/c1-9(17)10-2-4-14-11(6-10)7-12-8-13(16)3-5-15(12)14/h2-6,8H,7H2,1H3. The van der Waals surface area contributed by atoms with E-state index in [-0.39, 0.29) is 11.6 Å². The van der Waals surface area contributed by atoms with Crippen molar-refractivity contribution in [2.45, 2.75) is 13.3 Å². The molecule has 0 heterocycles. The summed E-state index contributed by atoms with van der Waals surface area (Å²) in [7, 11) is 0. The van der Waals surface area contributed by atoms with Crippen molar-refractivity contribution in [1.29, 1.82) is 0 Å². The fraction of sp³-hybridized carbons (Fsp3) is 0.133. The number of benzene rings is 2. The van der Waals surface area contributed by atoms with Gasteiger partial charge in [-0.1, -0.05) is 18.2 Å². The molecule has 84 valence electrons. The third kappa shape index (κ3) is 1.57. The summed E-state index contributed by atoms with van der Waals surface area (Å²) in [6.45, 7) is 1.56. The highest BCUT2D eigenvalue weighted by Gasteiger charge is 2.19. The second-order valence-corrected chi connectivity index (χ2v) is 4.41. The Hall–Kier alpha value is -1.96. The van der Waals surface area contributed by atoms with Gasteiger partial charge in [0.05, 0.1) is 0 Å². The molecule has 1 nitrogen and oxygen atoms in total. The van der Waals surface area contributed by atoms with Gasteiger partial charge in [-0.25, -0.2) is 4.39 Å². The highest BCUT2D eigenvalue weighted by Crippen LogP contribution is 2.37. The lowest BCUT2D eigenvalue weighted by molar-refractivity contribution is 0.101. The van der Waals surface area contributed by atoms with E-state index in [2.05, 4.69) is 0 Å². The van der Waals surface area contributed by atoms with Gasteiger partial charge in [0, 0.05) is 5.56 Å². The summed E-state index contributed by atoms with van der Waals surface area (Å²) in [4.78, 5) is 11.3. The first kappa shape index (κ1) is 10.2. The van der Waals surface area contributed by atoms with Gasteiger partial charge in [0.15, 0.2) is 5.78 Å². The second kappa shape index (κ2) is 3.52. The highest BCUT2D eigenvalue weighted by molar-refractivity contribution is 5.95. The zero-order valence-corrected chi connectivity index (χ0v) is 9.46. The molecule has 0 aromatic heterocycles. The predicted molar refractivity (Wildman–Crippen MR) is 64.6 cm³/mol. The first-order chi connectivity index (χ1) is 8.15. The maximum atomic E-state index is 13.1. The van der Waals surface area contributed by atoms with Crippen molar-refractivity contribution >= 4 is 5.78 Å². The molecule has 0 atom stereocenters. The molecule has 0 spiro atoms. The van der Waals surface area contributed by atoms with Crippen molar-refractivity contribution in [3.63, 3.8) is 0 Å². The zero-order chi connectivity index (χ0) is 12.0. The van der Waals surface area contributed by atoms with E-state index in [0.29, 0.717) is 6.42 Å². The van der Waals surface area contributed by atoms with Gasteiger partial charge in [-0.3, -0.25) is 4.79 Å². The van der Waals surface area contributed by atoms with E-state index in [9.17, 15) is 9.18 Å². The largest absolute Gasteiger partial charge is 0.295 e. The summed E-state index contributed by atoms with van der Waals surface area (Å²) in [5.74, 6) is -0.140. The maximum absolute atomic E-state index is 13.1. The first-order valence-electron chi connectivity index (χ1n) is 5.58. The molecule has 0 radical (unpaired) electrons. The summed E-state index contributed by atoms with van der Waals surface area (Å²) >= 11 is 0. The van der Waals surface area contributed by atoms with Gasteiger partial charge in [0.25, 0.3) is 0 Å². The maximum Gasteiger partial charge on any atom is 0.159 e. The molecule has 2 heteroatoms. The minimum absolute atomic E-state index is 0.0648. The molecule has 2 aromatic rings. The molecule has 1 aliphatic rings. The van der Waals surface area contributed by atoms with Crippen LogP contribution in [0.25, 0.3) is 11.1 Å². The molecular formula is C15H11FO. The smallest absolute Gasteiger partial charge is 0.159 e. The number of hydrogen-bond acceptors (Lipinski definition) is 1. The molecule has 17 heavy (non-hydrogen) atoms. The third-order valence-corrected chi connectivity index (χ3v) is 3.25. The molecule has 0 fully saturated rings. The van der Waals surface area contributed by atoms with Gasteiger partial charge in [-0.05, 0) is 53.8 Å². The Morgan fingerprint density at radius 1 is 1.06 bits per heavy atom. The van der Waals surface area contributed by atoms with Gasteiger partial charge in [-0.2, -0.15) is 0 Å². The SMILES string of the molecule is CC(=O)c1ccc2c(c1)Cc1cc(F)ccc1-2. The van der Waals surface area contributed by atoms with Crippen LogP contribution in [0.4, 0.5) is 4.39 Å². The van der Waals surface area contributed by atoms with Crippen LogP contribution < -0.4 is 0 Å². The first-order valence-corrected chi connectivity index (χ1v) is 5.58. The number of halogens is 1. The summed E-state index contributed by atoms with van der Waals surface area (Å²) in [6, 6.07) is 10.6. The lowest BCUT2D eigenvalue weighted by Crippen LogP contribution is -1.93. The number of fused-ring (bicyclic) bond motifs is 3. The van der Waals surface area contributed by atoms with Crippen molar-refractivity contribution in [1.82, 2.24) is 0 Å². The Bertz CT molecular complexity index is 629. The zero-order valence-electron chi connectivity index (χ0n) is 9.46. The number of hydrogen-bond donors (Lipinski definition) is 0. The normalized spacial score (nSPS) is 12.1. The number of Topliss-reactive ketones (excluding diaryl/α,β-unsaturated/α-hetero) is 1. The summed E-state index contributed by atoms with van der Waals surface area (Å²) < 4.78 is 13.1. The van der Waals surface area contributed by atoms with Crippen LogP contribution in [0.15, 0.2) is 36.4 Å². The average Bonchev–Trinajstić information content (AvgIpc) is 2.64. The Balaban J connectivity index is 2.15. The van der Waals surface area contributed by atoms with Crippen LogP contribution >= 0.6 is 0 Å².